The van der Waals surface area contributed by atoms with Gasteiger partial charge in [-0.1, -0.05) is 0 Å². The minimum atomic E-state index is -0.339. The third-order valence-corrected chi connectivity index (χ3v) is 4.62. The smallest absolute Gasteiger partial charge is 0.270 e. The van der Waals surface area contributed by atoms with Crippen LogP contribution in [0.3, 0.4) is 0 Å². The first-order chi connectivity index (χ1) is 10.8. The van der Waals surface area contributed by atoms with Gasteiger partial charge in [0, 0.05) is 48.8 Å². The SMILES string of the molecule is Cn1cccc1C=CC1=[N+](C)c2ccc([N+](=O)[O-])cc2C1(C)C.[I-]. The van der Waals surface area contributed by atoms with Crippen molar-refractivity contribution in [2.75, 3.05) is 7.05 Å². The van der Waals surface area contributed by atoms with Crippen LogP contribution in [0.5, 0.6) is 0 Å². The molecular weight excluding hydrogens is 417 g/mol. The van der Waals surface area contributed by atoms with Crippen LogP contribution in [-0.4, -0.2) is 26.8 Å². The van der Waals surface area contributed by atoms with E-state index in [0.717, 1.165) is 22.7 Å². The molecule has 0 N–H and O–H groups in total. The molecule has 0 saturated carbocycles. The van der Waals surface area contributed by atoms with Crippen molar-refractivity contribution in [3.05, 3.63) is 64.0 Å². The normalized spacial score (nSPS) is 15.5. The van der Waals surface area contributed by atoms with Gasteiger partial charge in [0.15, 0.2) is 5.71 Å². The lowest BCUT2D eigenvalue weighted by atomic mass is 9.81. The molecule has 1 aliphatic heterocycles. The molecule has 0 unspecified atom stereocenters. The molecule has 1 aromatic carbocycles. The third kappa shape index (κ3) is 2.90. The Kier molecular flexibility index (Phi) is 4.98. The van der Waals surface area contributed by atoms with Crippen molar-refractivity contribution < 1.29 is 33.5 Å². The van der Waals surface area contributed by atoms with Crippen LogP contribution < -0.4 is 24.0 Å². The Morgan fingerprint density at radius 2 is 1.96 bits per heavy atom. The summed E-state index contributed by atoms with van der Waals surface area (Å²) < 4.78 is 4.16. The van der Waals surface area contributed by atoms with Gasteiger partial charge in [-0.15, -0.1) is 0 Å². The number of nitro benzene ring substituents is 1. The van der Waals surface area contributed by atoms with Gasteiger partial charge in [0.05, 0.1) is 10.3 Å². The summed E-state index contributed by atoms with van der Waals surface area (Å²) in [6.45, 7) is 4.20. The number of nitro groups is 1. The summed E-state index contributed by atoms with van der Waals surface area (Å²) in [5, 5.41) is 11.1. The molecule has 24 heavy (non-hydrogen) atoms. The first kappa shape index (κ1) is 18.4. The van der Waals surface area contributed by atoms with Crippen LogP contribution >= 0.6 is 0 Å². The number of fused-ring (bicyclic) bond motifs is 1. The molecule has 0 aliphatic carbocycles. The highest BCUT2D eigenvalue weighted by molar-refractivity contribution is 6.05. The molecule has 1 aromatic heterocycles. The summed E-state index contributed by atoms with van der Waals surface area (Å²) in [7, 11) is 4.01. The minimum Gasteiger partial charge on any atom is -1.00 e. The van der Waals surface area contributed by atoms with E-state index in [1.165, 1.54) is 0 Å². The summed E-state index contributed by atoms with van der Waals surface area (Å²) in [6, 6.07) is 9.14. The van der Waals surface area contributed by atoms with Gasteiger partial charge < -0.3 is 28.5 Å². The fourth-order valence-corrected chi connectivity index (χ4v) is 3.25. The molecule has 0 amide bonds. The first-order valence-electron chi connectivity index (χ1n) is 7.52. The molecule has 2 heterocycles. The van der Waals surface area contributed by atoms with Crippen molar-refractivity contribution in [2.45, 2.75) is 19.3 Å². The summed E-state index contributed by atoms with van der Waals surface area (Å²) in [4.78, 5) is 10.7. The van der Waals surface area contributed by atoms with Gasteiger partial charge >= 0.3 is 0 Å². The number of non-ortho nitro benzene ring substituents is 1. The van der Waals surface area contributed by atoms with Gasteiger partial charge in [-0.3, -0.25) is 10.1 Å². The highest BCUT2D eigenvalue weighted by atomic mass is 127. The fourth-order valence-electron chi connectivity index (χ4n) is 3.25. The van der Waals surface area contributed by atoms with Gasteiger partial charge in [-0.2, -0.15) is 4.58 Å². The molecule has 126 valence electrons. The van der Waals surface area contributed by atoms with E-state index in [1.54, 1.807) is 12.1 Å². The number of rotatable bonds is 3. The molecule has 0 fully saturated rings. The molecule has 3 rings (SSSR count). The zero-order valence-electron chi connectivity index (χ0n) is 14.2. The van der Waals surface area contributed by atoms with E-state index in [2.05, 4.69) is 41.2 Å². The maximum absolute atomic E-state index is 11.1. The van der Waals surface area contributed by atoms with Crippen molar-refractivity contribution >= 4 is 23.2 Å². The number of allylic oxidation sites excluding steroid dienone is 1. The summed E-state index contributed by atoms with van der Waals surface area (Å²) >= 11 is 0. The van der Waals surface area contributed by atoms with E-state index >= 15 is 0 Å². The average Bonchev–Trinajstić information content (AvgIpc) is 2.98. The molecule has 0 saturated heterocycles. The van der Waals surface area contributed by atoms with E-state index in [9.17, 15) is 10.1 Å². The zero-order valence-corrected chi connectivity index (χ0v) is 16.3. The van der Waals surface area contributed by atoms with Crippen LogP contribution in [-0.2, 0) is 12.5 Å². The van der Waals surface area contributed by atoms with Crippen LogP contribution in [0.4, 0.5) is 11.4 Å². The fraction of sp³-hybridized carbons (Fsp3) is 0.278. The number of hydrogen-bond donors (Lipinski definition) is 0. The van der Waals surface area contributed by atoms with Crippen molar-refractivity contribution in [1.82, 2.24) is 4.57 Å². The first-order valence-corrected chi connectivity index (χ1v) is 7.52. The van der Waals surface area contributed by atoms with E-state index < -0.39 is 0 Å². The Bertz CT molecular complexity index is 863. The predicted octanol–water partition coefficient (Wildman–Crippen LogP) is 0.657. The molecule has 0 atom stereocenters. The Hall–Kier alpha value is -1.96. The summed E-state index contributed by atoms with van der Waals surface area (Å²) in [5.41, 5.74) is 4.10. The molecule has 2 aromatic rings. The third-order valence-electron chi connectivity index (χ3n) is 4.62. The highest BCUT2D eigenvalue weighted by Gasteiger charge is 2.43. The van der Waals surface area contributed by atoms with Crippen molar-refractivity contribution in [3.8, 4) is 0 Å². The largest absolute Gasteiger partial charge is 1.00 e. The molecule has 6 heteroatoms. The van der Waals surface area contributed by atoms with Crippen molar-refractivity contribution in [1.29, 1.82) is 0 Å². The number of nitrogens with zero attached hydrogens (tertiary/aromatic N) is 3. The van der Waals surface area contributed by atoms with Gasteiger partial charge in [0.1, 0.15) is 7.05 Å². The average molecular weight is 437 g/mol. The highest BCUT2D eigenvalue weighted by Crippen LogP contribution is 2.41. The minimum absolute atomic E-state index is 0. The van der Waals surface area contributed by atoms with Crippen molar-refractivity contribution in [2.24, 2.45) is 7.05 Å². The second kappa shape index (κ2) is 6.51. The second-order valence-corrected chi connectivity index (χ2v) is 6.41. The Morgan fingerprint density at radius 1 is 1.25 bits per heavy atom. The van der Waals surface area contributed by atoms with E-state index in [-0.39, 0.29) is 40.0 Å². The summed E-state index contributed by atoms with van der Waals surface area (Å²) in [5.74, 6) is 0. The lowest BCUT2D eigenvalue weighted by Crippen LogP contribution is -3.00. The molecule has 0 bridgehead atoms. The van der Waals surface area contributed by atoms with E-state index in [1.807, 2.05) is 32.4 Å². The van der Waals surface area contributed by atoms with E-state index in [0.29, 0.717) is 0 Å². The molecule has 5 nitrogen and oxygen atoms in total. The Labute approximate surface area is 158 Å². The standard InChI is InChI=1S/C18H20N3O2.HI/c1-18(2)15-12-14(21(22)23)7-9-16(15)20(4)17(18)10-8-13-6-5-11-19(13)3;/h5-12H,1-4H3;1H/q+1;/p-1. The molecular formula is C18H20IN3O2. The van der Waals surface area contributed by atoms with Crippen molar-refractivity contribution in [3.63, 3.8) is 0 Å². The van der Waals surface area contributed by atoms with Gasteiger partial charge in [-0.25, -0.2) is 0 Å². The molecule has 0 radical (unpaired) electrons. The maximum Gasteiger partial charge on any atom is 0.270 e. The second-order valence-electron chi connectivity index (χ2n) is 6.41. The molecule has 1 aliphatic rings. The number of halogens is 1. The van der Waals surface area contributed by atoms with Crippen LogP contribution in [0.25, 0.3) is 6.08 Å². The lowest BCUT2D eigenvalue weighted by Gasteiger charge is -2.15. The Balaban J connectivity index is 0.00000208. The number of aromatic nitrogens is 1. The van der Waals surface area contributed by atoms with Gasteiger partial charge in [0.2, 0.25) is 5.69 Å². The van der Waals surface area contributed by atoms with Crippen LogP contribution in [0.2, 0.25) is 0 Å². The quantitative estimate of drug-likeness (QED) is 0.307. The summed E-state index contributed by atoms with van der Waals surface area (Å²) in [6.07, 6.45) is 6.18. The Morgan fingerprint density at radius 3 is 2.54 bits per heavy atom. The zero-order chi connectivity index (χ0) is 16.8. The van der Waals surface area contributed by atoms with Gasteiger partial charge in [0.25, 0.3) is 5.69 Å². The van der Waals surface area contributed by atoms with Gasteiger partial charge in [-0.05, 0) is 32.1 Å². The number of benzene rings is 1. The molecule has 0 spiro atoms. The number of aryl methyl sites for hydroxylation is 1. The number of hydrogen-bond acceptors (Lipinski definition) is 2. The van der Waals surface area contributed by atoms with E-state index in [4.69, 9.17) is 0 Å². The predicted molar refractivity (Wildman–Crippen MR) is 91.4 cm³/mol. The van der Waals surface area contributed by atoms with Crippen LogP contribution in [0.15, 0.2) is 42.6 Å². The lowest BCUT2D eigenvalue weighted by molar-refractivity contribution is -0.402. The van der Waals surface area contributed by atoms with Crippen LogP contribution in [0.1, 0.15) is 25.1 Å². The topological polar surface area (TPSA) is 51.1 Å². The maximum atomic E-state index is 11.1. The monoisotopic (exact) mass is 437 g/mol. The van der Waals surface area contributed by atoms with Crippen LogP contribution in [0, 0.1) is 10.1 Å².